The number of hydrogen-bond donors (Lipinski definition) is 1. The molecule has 0 aliphatic rings. The molecule has 0 fully saturated rings. The van der Waals surface area contributed by atoms with Gasteiger partial charge in [0.2, 0.25) is 0 Å². The summed E-state index contributed by atoms with van der Waals surface area (Å²) in [4.78, 5) is 3.40. The van der Waals surface area contributed by atoms with Gasteiger partial charge < -0.3 is 31.7 Å². The molecule has 2 aromatic rings. The van der Waals surface area contributed by atoms with Crippen LogP contribution in [-0.2, 0) is 0 Å². The maximum atomic E-state index is 5.79. The van der Waals surface area contributed by atoms with Gasteiger partial charge in [0.15, 0.2) is 0 Å². The van der Waals surface area contributed by atoms with Gasteiger partial charge in [0, 0.05) is 31.9 Å². The molecule has 0 aliphatic heterocycles. The van der Waals surface area contributed by atoms with Gasteiger partial charge >= 0.3 is 0 Å². The molecule has 0 radical (unpaired) electrons. The van der Waals surface area contributed by atoms with Crippen molar-refractivity contribution in [3.63, 3.8) is 0 Å². The molecule has 0 unspecified atom stereocenters. The number of hydrogen-bond acceptors (Lipinski definition) is 3. The molecule has 2 rings (SSSR count). The summed E-state index contributed by atoms with van der Waals surface area (Å²) in [5.41, 5.74) is 2.45. The van der Waals surface area contributed by atoms with Crippen LogP contribution >= 0.6 is 0 Å². The topological polar surface area (TPSA) is 26.1 Å². The van der Waals surface area contributed by atoms with E-state index >= 15 is 0 Å². The second-order valence-corrected chi connectivity index (χ2v) is 6.67. The van der Waals surface area contributed by atoms with Crippen LogP contribution in [0.3, 0.4) is 0 Å². The van der Waals surface area contributed by atoms with Crippen molar-refractivity contribution < 1.29 is 26.8 Å². The number of rotatable bonds is 10. The summed E-state index contributed by atoms with van der Waals surface area (Å²) in [5.74, 6) is 1.88. The van der Waals surface area contributed by atoms with E-state index in [1.807, 2.05) is 38.4 Å². The van der Waals surface area contributed by atoms with E-state index in [9.17, 15) is 0 Å². The Morgan fingerprint density at radius 1 is 0.731 bits per heavy atom. The van der Waals surface area contributed by atoms with Gasteiger partial charge in [0.25, 0.3) is 0 Å². The van der Waals surface area contributed by atoms with E-state index in [0.717, 1.165) is 44.0 Å². The van der Waals surface area contributed by atoms with Crippen LogP contribution in [-0.4, -0.2) is 41.4 Å². The van der Waals surface area contributed by atoms with Gasteiger partial charge in [-0.1, -0.05) is 0 Å². The second-order valence-electron chi connectivity index (χ2n) is 6.67. The van der Waals surface area contributed by atoms with Gasteiger partial charge in [0.1, 0.15) is 17.2 Å². The Morgan fingerprint density at radius 3 is 1.62 bits per heavy atom. The molecule has 5 heteroatoms. The Hall–Kier alpha value is -1.91. The number of unbranched alkanes of at least 4 members (excludes halogenated alkanes) is 2. The fourth-order valence-electron chi connectivity index (χ4n) is 2.49. The molecule has 0 saturated heterocycles. The Labute approximate surface area is 164 Å². The lowest BCUT2D eigenvalue weighted by atomic mass is 10.2. The third-order valence-corrected chi connectivity index (χ3v) is 4.11. The van der Waals surface area contributed by atoms with Gasteiger partial charge in [-0.05, 0) is 55.7 Å². The van der Waals surface area contributed by atoms with E-state index < -0.39 is 0 Å². The van der Waals surface area contributed by atoms with Gasteiger partial charge in [-0.3, -0.25) is 0 Å². The van der Waals surface area contributed by atoms with Crippen molar-refractivity contribution in [2.75, 3.05) is 46.3 Å². The normalized spacial score (nSPS) is 10.3. The van der Waals surface area contributed by atoms with E-state index in [-0.39, 0.29) is 12.4 Å². The molecule has 0 bridgehead atoms. The quantitative estimate of drug-likeness (QED) is 0.596. The minimum absolute atomic E-state index is 0. The Bertz CT molecular complexity index is 557. The number of benzene rings is 2. The lowest BCUT2D eigenvalue weighted by Crippen LogP contribution is -3.00. The molecule has 0 heterocycles. The van der Waals surface area contributed by atoms with Gasteiger partial charge in [-0.15, -0.1) is 0 Å². The van der Waals surface area contributed by atoms with Crippen LogP contribution in [0.5, 0.6) is 11.5 Å². The highest BCUT2D eigenvalue weighted by Crippen LogP contribution is 2.18. The van der Waals surface area contributed by atoms with E-state index in [1.54, 1.807) is 0 Å². The number of anilines is 1. The van der Waals surface area contributed by atoms with Crippen molar-refractivity contribution in [3.8, 4) is 11.5 Å². The largest absolute Gasteiger partial charge is 1.00 e. The third kappa shape index (κ3) is 7.54. The molecule has 0 saturated carbocycles. The maximum Gasteiger partial charge on any atom is 0.131 e. The molecule has 1 N–H and O–H groups in total. The second kappa shape index (κ2) is 11.7. The highest BCUT2D eigenvalue weighted by Gasteiger charge is 2.01. The standard InChI is InChI=1S/C21H30N2O2.ClH/c1-22(2)18-8-12-20(13-9-18)24-16-6-5-7-17-25-21-14-10-19(11-15-21)23(3)4;/h8-15H,5-7,16-17H2,1-4H3;1H. The first-order valence-electron chi connectivity index (χ1n) is 9.00. The zero-order valence-electron chi connectivity index (χ0n) is 16.3. The smallest absolute Gasteiger partial charge is 0.131 e. The molecule has 4 nitrogen and oxygen atoms in total. The fourth-order valence-corrected chi connectivity index (χ4v) is 2.49. The minimum atomic E-state index is 0. The highest BCUT2D eigenvalue weighted by molar-refractivity contribution is 5.47. The summed E-state index contributed by atoms with van der Waals surface area (Å²) in [6.07, 6.45) is 3.20. The monoisotopic (exact) mass is 378 g/mol. The van der Waals surface area contributed by atoms with Crippen molar-refractivity contribution in [3.05, 3.63) is 48.5 Å². The van der Waals surface area contributed by atoms with Crippen LogP contribution in [0.25, 0.3) is 0 Å². The average molecular weight is 379 g/mol. The van der Waals surface area contributed by atoms with E-state index in [2.05, 4.69) is 43.3 Å². The Morgan fingerprint density at radius 2 is 1.19 bits per heavy atom. The number of nitrogens with one attached hydrogen (secondary N) is 1. The van der Waals surface area contributed by atoms with Crippen molar-refractivity contribution in [2.24, 2.45) is 0 Å². The van der Waals surface area contributed by atoms with Crippen LogP contribution in [0.2, 0.25) is 0 Å². The highest BCUT2D eigenvalue weighted by atomic mass is 35.5. The van der Waals surface area contributed by atoms with Gasteiger partial charge in [-0.25, -0.2) is 0 Å². The van der Waals surface area contributed by atoms with Gasteiger partial charge in [-0.2, -0.15) is 0 Å². The molecule has 26 heavy (non-hydrogen) atoms. The third-order valence-electron chi connectivity index (χ3n) is 4.11. The SMILES string of the molecule is CN(C)c1ccc(OCCCCCOc2ccc([NH+](C)C)cc2)cc1.[Cl-]. The zero-order chi connectivity index (χ0) is 18.1. The van der Waals surface area contributed by atoms with Crippen LogP contribution in [0.15, 0.2) is 48.5 Å². The number of ether oxygens (including phenoxy) is 2. The molecule has 144 valence electrons. The van der Waals surface area contributed by atoms with Crippen LogP contribution < -0.4 is 31.7 Å². The van der Waals surface area contributed by atoms with E-state index in [4.69, 9.17) is 9.47 Å². The van der Waals surface area contributed by atoms with Crippen molar-refractivity contribution in [1.29, 1.82) is 0 Å². The molecule has 2 aromatic carbocycles. The predicted molar refractivity (Wildman–Crippen MR) is 105 cm³/mol. The van der Waals surface area contributed by atoms with Crippen molar-refractivity contribution >= 4 is 11.4 Å². The first-order valence-corrected chi connectivity index (χ1v) is 9.00. The van der Waals surface area contributed by atoms with E-state index in [1.165, 1.54) is 16.3 Å². The summed E-state index contributed by atoms with van der Waals surface area (Å²) >= 11 is 0. The summed E-state index contributed by atoms with van der Waals surface area (Å²) in [7, 11) is 8.31. The van der Waals surface area contributed by atoms with Crippen molar-refractivity contribution in [2.45, 2.75) is 19.3 Å². The summed E-state index contributed by atoms with van der Waals surface area (Å²) in [6.45, 7) is 1.51. The summed E-state index contributed by atoms with van der Waals surface area (Å²) < 4.78 is 11.6. The molecule has 0 aromatic heterocycles. The molecule has 0 atom stereocenters. The minimum Gasteiger partial charge on any atom is -1.00 e. The van der Waals surface area contributed by atoms with Crippen LogP contribution in [0, 0.1) is 0 Å². The Kier molecular flexibility index (Phi) is 9.92. The summed E-state index contributed by atoms with van der Waals surface area (Å²) in [6, 6.07) is 16.5. The zero-order valence-corrected chi connectivity index (χ0v) is 17.1. The molecule has 0 spiro atoms. The van der Waals surface area contributed by atoms with Crippen LogP contribution in [0.1, 0.15) is 19.3 Å². The molecule has 0 amide bonds. The number of nitrogens with zero attached hydrogens (tertiary/aromatic N) is 1. The lowest BCUT2D eigenvalue weighted by molar-refractivity contribution is -0.786. The first-order chi connectivity index (χ1) is 12.1. The van der Waals surface area contributed by atoms with Gasteiger partial charge in [0.05, 0.1) is 27.3 Å². The van der Waals surface area contributed by atoms with Crippen LogP contribution in [0.4, 0.5) is 11.4 Å². The molecule has 0 aliphatic carbocycles. The summed E-state index contributed by atoms with van der Waals surface area (Å²) in [5, 5.41) is 0. The first kappa shape index (κ1) is 22.1. The van der Waals surface area contributed by atoms with Crippen molar-refractivity contribution in [1.82, 2.24) is 0 Å². The Balaban J connectivity index is 0.00000338. The van der Waals surface area contributed by atoms with E-state index in [0.29, 0.717) is 0 Å². The lowest BCUT2D eigenvalue weighted by Gasteiger charge is -2.13. The fraction of sp³-hybridized carbons (Fsp3) is 0.429. The molecular weight excluding hydrogens is 348 g/mol. The number of quaternary nitrogens is 1. The predicted octanol–water partition coefficient (Wildman–Crippen LogP) is 0.161. The average Bonchev–Trinajstić information content (AvgIpc) is 2.61. The molecular formula is C21H31ClN2O2. The maximum absolute atomic E-state index is 5.79. The number of halogens is 1.